The summed E-state index contributed by atoms with van der Waals surface area (Å²) in [5.41, 5.74) is 2.24. The van der Waals surface area contributed by atoms with Crippen LogP contribution in [0, 0.1) is 11.8 Å². The van der Waals surface area contributed by atoms with Crippen LogP contribution in [0.2, 0.25) is 0 Å². The van der Waals surface area contributed by atoms with Crippen molar-refractivity contribution in [3.05, 3.63) is 59.7 Å². The number of hydrogen-bond donors (Lipinski definition) is 2. The van der Waals surface area contributed by atoms with Crippen LogP contribution in [0.25, 0.3) is 0 Å². The molecular formula is C36H53N3O5. The normalized spacial score (nSPS) is 23.4. The minimum Gasteiger partial charge on any atom is -0.490 e. The molecule has 1 aliphatic carbocycles. The quantitative estimate of drug-likeness (QED) is 0.375. The molecule has 8 heteroatoms. The molecule has 2 amide bonds. The Kier molecular flexibility index (Phi) is 13.1. The molecule has 0 saturated heterocycles. The highest BCUT2D eigenvalue weighted by atomic mass is 16.5. The predicted octanol–water partition coefficient (Wildman–Crippen LogP) is 6.13. The van der Waals surface area contributed by atoms with Gasteiger partial charge in [0.2, 0.25) is 5.91 Å². The van der Waals surface area contributed by atoms with E-state index in [1.807, 2.05) is 32.0 Å². The summed E-state index contributed by atoms with van der Waals surface area (Å²) in [5, 5.41) is 13.3. The Morgan fingerprint density at radius 3 is 2.50 bits per heavy atom. The Balaban J connectivity index is 1.59. The molecule has 1 saturated carbocycles. The third-order valence-electron chi connectivity index (χ3n) is 9.08. The van der Waals surface area contributed by atoms with Crippen molar-refractivity contribution in [3.63, 3.8) is 0 Å². The molecule has 4 atom stereocenters. The van der Waals surface area contributed by atoms with E-state index in [9.17, 15) is 14.7 Å². The fourth-order valence-corrected chi connectivity index (χ4v) is 6.34. The average molecular weight is 608 g/mol. The van der Waals surface area contributed by atoms with E-state index < -0.39 is 6.04 Å². The lowest BCUT2D eigenvalue weighted by Crippen LogP contribution is -2.47. The van der Waals surface area contributed by atoms with Crippen LogP contribution < -0.4 is 10.1 Å². The van der Waals surface area contributed by atoms with Crippen LogP contribution in [0.1, 0.15) is 88.1 Å². The summed E-state index contributed by atoms with van der Waals surface area (Å²) < 4.78 is 12.8. The molecule has 1 heterocycles. The van der Waals surface area contributed by atoms with Gasteiger partial charge in [-0.2, -0.15) is 0 Å². The number of nitrogens with zero attached hydrogens (tertiary/aromatic N) is 2. The standard InChI is InChI=1S/C36H53N3O5/c1-26-22-39(27(2)25-40)36(42)32-21-31(37-35(41)30-16-9-6-10-17-30)18-19-33(32)44-28(3)13-11-12-20-43-34(26)24-38(4)23-29-14-7-5-8-15-29/h5,7-8,14-15,18-19,21,26-28,30,34,40H,6,9-13,16-17,20,22-25H2,1-4H3,(H,37,41)/t26-,27-,28+,34-/m1/s1. The molecule has 1 fully saturated rings. The number of ether oxygens (including phenoxy) is 2. The first-order valence-electron chi connectivity index (χ1n) is 16.6. The van der Waals surface area contributed by atoms with E-state index in [4.69, 9.17) is 9.47 Å². The molecule has 44 heavy (non-hydrogen) atoms. The Labute approximate surface area is 264 Å². The largest absolute Gasteiger partial charge is 0.490 e. The van der Waals surface area contributed by atoms with Crippen molar-refractivity contribution in [3.8, 4) is 5.75 Å². The van der Waals surface area contributed by atoms with Crippen LogP contribution in [0.5, 0.6) is 5.75 Å². The highest BCUT2D eigenvalue weighted by Gasteiger charge is 2.31. The van der Waals surface area contributed by atoms with Crippen LogP contribution in [-0.2, 0) is 16.1 Å². The molecule has 1 aliphatic heterocycles. The number of amides is 2. The number of carbonyl (C=O) groups is 2. The summed E-state index contributed by atoms with van der Waals surface area (Å²) >= 11 is 0. The zero-order valence-corrected chi connectivity index (χ0v) is 27.2. The minimum atomic E-state index is -0.411. The molecule has 0 aromatic heterocycles. The van der Waals surface area contributed by atoms with Crippen molar-refractivity contribution in [1.29, 1.82) is 0 Å². The van der Waals surface area contributed by atoms with Gasteiger partial charge in [-0.25, -0.2) is 0 Å². The van der Waals surface area contributed by atoms with Crippen molar-refractivity contribution < 1.29 is 24.2 Å². The Morgan fingerprint density at radius 1 is 1.05 bits per heavy atom. The van der Waals surface area contributed by atoms with Gasteiger partial charge in [0.05, 0.1) is 30.4 Å². The molecule has 2 aliphatic rings. The van der Waals surface area contributed by atoms with Crippen molar-refractivity contribution in [2.45, 2.75) is 96.9 Å². The van der Waals surface area contributed by atoms with E-state index in [0.29, 0.717) is 30.2 Å². The molecule has 0 spiro atoms. The number of aliphatic hydroxyl groups excluding tert-OH is 1. The summed E-state index contributed by atoms with van der Waals surface area (Å²) in [7, 11) is 2.10. The zero-order valence-electron chi connectivity index (χ0n) is 27.2. The number of fused-ring (bicyclic) bond motifs is 1. The fourth-order valence-electron chi connectivity index (χ4n) is 6.34. The summed E-state index contributed by atoms with van der Waals surface area (Å²) in [6, 6.07) is 15.4. The molecule has 2 aromatic rings. The SMILES string of the molecule is C[C@@H]1CN([C@H](C)CO)C(=O)c2cc(NC(=O)C3CCCCC3)ccc2O[C@@H](C)CCCCO[C@@H]1CN(C)Cc1ccccc1. The van der Waals surface area contributed by atoms with Gasteiger partial charge in [-0.1, -0.05) is 56.5 Å². The molecule has 0 radical (unpaired) electrons. The van der Waals surface area contributed by atoms with Crippen LogP contribution >= 0.6 is 0 Å². The second kappa shape index (κ2) is 16.9. The first-order chi connectivity index (χ1) is 21.2. The summed E-state index contributed by atoms with van der Waals surface area (Å²) in [5.74, 6) is 0.317. The molecule has 2 N–H and O–H groups in total. The van der Waals surface area contributed by atoms with Crippen LogP contribution in [0.15, 0.2) is 48.5 Å². The number of rotatable bonds is 8. The van der Waals surface area contributed by atoms with Crippen molar-refractivity contribution >= 4 is 17.5 Å². The average Bonchev–Trinajstić information content (AvgIpc) is 3.03. The molecule has 8 nitrogen and oxygen atoms in total. The lowest BCUT2D eigenvalue weighted by molar-refractivity contribution is -0.120. The number of hydrogen-bond acceptors (Lipinski definition) is 6. The van der Waals surface area contributed by atoms with Crippen molar-refractivity contribution in [2.75, 3.05) is 38.7 Å². The molecule has 242 valence electrons. The van der Waals surface area contributed by atoms with E-state index in [1.165, 1.54) is 12.0 Å². The maximum absolute atomic E-state index is 14.3. The van der Waals surface area contributed by atoms with E-state index >= 15 is 0 Å². The second-order valence-corrected chi connectivity index (χ2v) is 13.0. The highest BCUT2D eigenvalue weighted by Crippen LogP contribution is 2.30. The Morgan fingerprint density at radius 2 is 1.77 bits per heavy atom. The second-order valence-electron chi connectivity index (χ2n) is 13.0. The maximum atomic E-state index is 14.3. The van der Waals surface area contributed by atoms with Crippen LogP contribution in [0.4, 0.5) is 5.69 Å². The maximum Gasteiger partial charge on any atom is 0.258 e. The lowest BCUT2D eigenvalue weighted by Gasteiger charge is -2.36. The smallest absolute Gasteiger partial charge is 0.258 e. The van der Waals surface area contributed by atoms with Gasteiger partial charge in [0, 0.05) is 43.8 Å². The van der Waals surface area contributed by atoms with Gasteiger partial charge < -0.3 is 24.8 Å². The number of aliphatic hydroxyl groups is 1. The van der Waals surface area contributed by atoms with Gasteiger partial charge in [-0.15, -0.1) is 0 Å². The fraction of sp³-hybridized carbons (Fsp3) is 0.611. The highest BCUT2D eigenvalue weighted by molar-refractivity contribution is 6.00. The number of likely N-dealkylation sites (N-methyl/N-ethyl adjacent to an activating group) is 1. The van der Waals surface area contributed by atoms with E-state index in [-0.39, 0.29) is 42.5 Å². The zero-order chi connectivity index (χ0) is 31.5. The van der Waals surface area contributed by atoms with E-state index in [0.717, 1.165) is 58.0 Å². The van der Waals surface area contributed by atoms with Gasteiger partial charge in [0.15, 0.2) is 0 Å². The lowest BCUT2D eigenvalue weighted by atomic mass is 9.88. The summed E-state index contributed by atoms with van der Waals surface area (Å²) in [6.07, 6.45) is 7.66. The summed E-state index contributed by atoms with van der Waals surface area (Å²) in [4.78, 5) is 31.4. The number of carbonyl (C=O) groups excluding carboxylic acids is 2. The first-order valence-corrected chi connectivity index (χ1v) is 16.6. The Bertz CT molecular complexity index is 1190. The van der Waals surface area contributed by atoms with Crippen LogP contribution in [0.3, 0.4) is 0 Å². The third kappa shape index (κ3) is 9.78. The number of anilines is 1. The topological polar surface area (TPSA) is 91.3 Å². The van der Waals surface area contributed by atoms with Gasteiger partial charge in [0.25, 0.3) is 5.91 Å². The van der Waals surface area contributed by atoms with Gasteiger partial charge in [-0.05, 0) is 76.8 Å². The molecule has 4 rings (SSSR count). The molecule has 2 aromatic carbocycles. The molecule has 0 unspecified atom stereocenters. The van der Waals surface area contributed by atoms with Crippen molar-refractivity contribution in [1.82, 2.24) is 9.80 Å². The monoisotopic (exact) mass is 607 g/mol. The number of nitrogens with one attached hydrogen (secondary N) is 1. The molecule has 0 bridgehead atoms. The van der Waals surface area contributed by atoms with Gasteiger partial charge >= 0.3 is 0 Å². The van der Waals surface area contributed by atoms with Crippen LogP contribution in [-0.4, -0.2) is 78.3 Å². The Hall–Kier alpha value is -2.94. The van der Waals surface area contributed by atoms with E-state index in [2.05, 4.69) is 48.5 Å². The third-order valence-corrected chi connectivity index (χ3v) is 9.08. The van der Waals surface area contributed by atoms with Crippen molar-refractivity contribution in [2.24, 2.45) is 11.8 Å². The van der Waals surface area contributed by atoms with E-state index in [1.54, 1.807) is 11.0 Å². The first kappa shape index (κ1) is 33.9. The van der Waals surface area contributed by atoms with Gasteiger partial charge in [0.1, 0.15) is 5.75 Å². The molecular weight excluding hydrogens is 554 g/mol. The number of benzene rings is 2. The predicted molar refractivity (Wildman–Crippen MR) is 175 cm³/mol. The summed E-state index contributed by atoms with van der Waals surface area (Å²) in [6.45, 7) is 8.43. The minimum absolute atomic E-state index is 0.00610. The van der Waals surface area contributed by atoms with Gasteiger partial charge in [-0.3, -0.25) is 14.5 Å².